The number of aryl methyl sites for hydroxylation is 3. The summed E-state index contributed by atoms with van der Waals surface area (Å²) >= 11 is 1.81. The lowest BCUT2D eigenvalue weighted by Gasteiger charge is -2.22. The highest BCUT2D eigenvalue weighted by atomic mass is 35.5. The Morgan fingerprint density at radius 2 is 2.00 bits per heavy atom. The van der Waals surface area contributed by atoms with Gasteiger partial charge in [0.1, 0.15) is 5.75 Å². The van der Waals surface area contributed by atoms with Crippen LogP contribution >= 0.6 is 23.7 Å². The van der Waals surface area contributed by atoms with Gasteiger partial charge in [0.25, 0.3) is 0 Å². The van der Waals surface area contributed by atoms with Gasteiger partial charge in [-0.1, -0.05) is 18.6 Å². The quantitative estimate of drug-likeness (QED) is 0.283. The molecule has 0 radical (unpaired) electrons. The molecule has 0 amide bonds. The van der Waals surface area contributed by atoms with Gasteiger partial charge in [-0.05, 0) is 73.9 Å². The Kier molecular flexibility index (Phi) is 7.51. The summed E-state index contributed by atoms with van der Waals surface area (Å²) in [6, 6.07) is 13.2. The summed E-state index contributed by atoms with van der Waals surface area (Å²) in [6.45, 7) is 4.00. The van der Waals surface area contributed by atoms with Crippen molar-refractivity contribution in [3.05, 3.63) is 59.2 Å². The number of aromatic nitrogens is 3. The summed E-state index contributed by atoms with van der Waals surface area (Å²) in [7, 11) is 2.17. The highest BCUT2D eigenvalue weighted by Gasteiger charge is 2.25. The highest BCUT2D eigenvalue weighted by molar-refractivity contribution is 7.17. The summed E-state index contributed by atoms with van der Waals surface area (Å²) in [6.07, 6.45) is 9.61. The average molecular weight is 511 g/mol. The molecule has 1 N–H and O–H groups in total. The molecule has 3 aromatic heterocycles. The molecule has 35 heavy (non-hydrogen) atoms. The lowest BCUT2D eigenvalue weighted by Crippen LogP contribution is -2.15. The van der Waals surface area contributed by atoms with Gasteiger partial charge >= 0.3 is 0 Å². The number of nitrogens with one attached hydrogen (secondary N) is 1. The number of benzene rings is 1. The van der Waals surface area contributed by atoms with Crippen LogP contribution in [0.2, 0.25) is 0 Å². The Balaban J connectivity index is 0.00000253. The van der Waals surface area contributed by atoms with Crippen LogP contribution in [0.3, 0.4) is 0 Å². The Morgan fingerprint density at radius 3 is 2.71 bits per heavy atom. The number of hydrogen-bond donors (Lipinski definition) is 1. The second kappa shape index (κ2) is 10.8. The largest absolute Gasteiger partial charge is 0.493 e. The molecular formula is C28H35ClN4OS. The first kappa shape index (κ1) is 24.4. The van der Waals surface area contributed by atoms with Crippen LogP contribution in [0.5, 0.6) is 5.75 Å². The van der Waals surface area contributed by atoms with Crippen LogP contribution in [-0.4, -0.2) is 33.8 Å². The molecule has 1 saturated heterocycles. The lowest BCUT2D eigenvalue weighted by molar-refractivity contribution is 0.260. The molecule has 4 heterocycles. The van der Waals surface area contributed by atoms with Gasteiger partial charge in [0.2, 0.25) is 0 Å². The fourth-order valence-corrected chi connectivity index (χ4v) is 6.10. The average Bonchev–Trinajstić information content (AvgIpc) is 3.59. The number of hydrogen-bond acceptors (Lipinski definition) is 4. The molecule has 0 bridgehead atoms. The molecule has 1 atom stereocenters. The third kappa shape index (κ3) is 5.16. The standard InChI is InChI=1S/C28H34N4OS.ClH/c1-31-25-12-15-34-27(25)16-26(31)28-30-24(22-5-2-6-22)18-32(28)14-3-4-20-7-9-23(10-8-20)33-19-21-11-13-29-17-21;/h7-10,12,15-16,18,21-22,29H,2-6,11,13-14,17,19H2,1H3;1H. The molecule has 4 aromatic rings. The lowest BCUT2D eigenvalue weighted by atomic mass is 9.83. The predicted octanol–water partition coefficient (Wildman–Crippen LogP) is 6.41. The predicted molar refractivity (Wildman–Crippen MR) is 147 cm³/mol. The second-order valence-corrected chi connectivity index (χ2v) is 10.9. The maximum Gasteiger partial charge on any atom is 0.157 e. The number of rotatable bonds is 9. The van der Waals surface area contributed by atoms with Crippen molar-refractivity contribution in [2.75, 3.05) is 19.7 Å². The molecule has 0 spiro atoms. The van der Waals surface area contributed by atoms with Crippen molar-refractivity contribution < 1.29 is 4.74 Å². The number of thiophene rings is 1. The maximum atomic E-state index is 6.00. The van der Waals surface area contributed by atoms with Crippen molar-refractivity contribution in [2.24, 2.45) is 13.0 Å². The van der Waals surface area contributed by atoms with Crippen molar-refractivity contribution in [3.8, 4) is 17.3 Å². The first-order valence-electron chi connectivity index (χ1n) is 12.8. The smallest absolute Gasteiger partial charge is 0.157 e. The van der Waals surface area contributed by atoms with Gasteiger partial charge in [-0.2, -0.15) is 0 Å². The number of fused-ring (bicyclic) bond motifs is 1. The van der Waals surface area contributed by atoms with E-state index in [1.54, 1.807) is 0 Å². The van der Waals surface area contributed by atoms with E-state index in [2.05, 4.69) is 69.5 Å². The SMILES string of the molecule is Cl.Cn1c(-c2nc(C3CCC3)cn2CCCc2ccc(OCC3CCNC3)cc2)cc2sccc21. The van der Waals surface area contributed by atoms with E-state index in [0.717, 1.165) is 50.7 Å². The molecule has 1 unspecified atom stereocenters. The molecule has 1 aliphatic heterocycles. The van der Waals surface area contributed by atoms with Crippen LogP contribution < -0.4 is 10.1 Å². The Morgan fingerprint density at radius 1 is 1.14 bits per heavy atom. The van der Waals surface area contributed by atoms with Crippen molar-refractivity contribution in [1.82, 2.24) is 19.4 Å². The summed E-state index contributed by atoms with van der Waals surface area (Å²) in [4.78, 5) is 5.15. The minimum atomic E-state index is 0. The van der Waals surface area contributed by atoms with Crippen molar-refractivity contribution in [1.29, 1.82) is 0 Å². The van der Waals surface area contributed by atoms with Gasteiger partial charge < -0.3 is 19.2 Å². The number of ether oxygens (including phenoxy) is 1. The fraction of sp³-hybridized carbons (Fsp3) is 0.464. The van der Waals surface area contributed by atoms with Gasteiger partial charge in [-0.25, -0.2) is 4.98 Å². The topological polar surface area (TPSA) is 44.0 Å². The van der Waals surface area contributed by atoms with E-state index in [9.17, 15) is 0 Å². The van der Waals surface area contributed by atoms with E-state index in [-0.39, 0.29) is 12.4 Å². The molecule has 2 fully saturated rings. The Labute approximate surface area is 217 Å². The van der Waals surface area contributed by atoms with E-state index in [1.165, 1.54) is 52.9 Å². The van der Waals surface area contributed by atoms with Crippen LogP contribution in [0.25, 0.3) is 21.7 Å². The van der Waals surface area contributed by atoms with Crippen molar-refractivity contribution >= 4 is 34.0 Å². The number of halogens is 1. The summed E-state index contributed by atoms with van der Waals surface area (Å²) < 4.78 is 12.0. The van der Waals surface area contributed by atoms with Gasteiger partial charge in [-0.15, -0.1) is 23.7 Å². The van der Waals surface area contributed by atoms with Crippen LogP contribution in [0.15, 0.2) is 48.0 Å². The van der Waals surface area contributed by atoms with Gasteiger partial charge in [0.05, 0.1) is 28.2 Å². The van der Waals surface area contributed by atoms with E-state index < -0.39 is 0 Å². The molecule has 1 aliphatic carbocycles. The van der Waals surface area contributed by atoms with E-state index in [4.69, 9.17) is 9.72 Å². The van der Waals surface area contributed by atoms with Crippen LogP contribution in [0.4, 0.5) is 0 Å². The summed E-state index contributed by atoms with van der Waals surface area (Å²) in [5.74, 6) is 3.40. The monoisotopic (exact) mass is 510 g/mol. The zero-order valence-electron chi connectivity index (χ0n) is 20.4. The van der Waals surface area contributed by atoms with Crippen LogP contribution in [0, 0.1) is 5.92 Å². The maximum absolute atomic E-state index is 6.00. The Hall–Kier alpha value is -2.28. The fourth-order valence-electron chi connectivity index (χ4n) is 5.25. The normalized spacial score (nSPS) is 18.0. The molecular weight excluding hydrogens is 476 g/mol. The molecule has 7 heteroatoms. The molecule has 6 rings (SSSR count). The summed E-state index contributed by atoms with van der Waals surface area (Å²) in [5, 5.41) is 5.57. The molecule has 2 aliphatic rings. The zero-order chi connectivity index (χ0) is 22.9. The zero-order valence-corrected chi connectivity index (χ0v) is 22.0. The first-order valence-corrected chi connectivity index (χ1v) is 13.7. The van der Waals surface area contributed by atoms with Crippen LogP contribution in [0.1, 0.15) is 49.3 Å². The van der Waals surface area contributed by atoms with E-state index in [0.29, 0.717) is 11.8 Å². The summed E-state index contributed by atoms with van der Waals surface area (Å²) in [5.41, 5.74) is 5.18. The third-order valence-electron chi connectivity index (χ3n) is 7.65. The van der Waals surface area contributed by atoms with Gasteiger partial charge in [0.15, 0.2) is 5.82 Å². The first-order chi connectivity index (χ1) is 16.7. The molecule has 186 valence electrons. The highest BCUT2D eigenvalue weighted by Crippen LogP contribution is 2.38. The molecule has 1 aromatic carbocycles. The molecule has 5 nitrogen and oxygen atoms in total. The minimum absolute atomic E-state index is 0. The van der Waals surface area contributed by atoms with Crippen molar-refractivity contribution in [3.63, 3.8) is 0 Å². The van der Waals surface area contributed by atoms with Gasteiger partial charge in [-0.3, -0.25) is 0 Å². The Bertz CT molecular complexity index is 1250. The van der Waals surface area contributed by atoms with E-state index >= 15 is 0 Å². The van der Waals surface area contributed by atoms with Crippen LogP contribution in [-0.2, 0) is 20.0 Å². The number of nitrogens with zero attached hydrogens (tertiary/aromatic N) is 3. The third-order valence-corrected chi connectivity index (χ3v) is 8.50. The molecule has 1 saturated carbocycles. The van der Waals surface area contributed by atoms with Gasteiger partial charge in [0, 0.05) is 38.2 Å². The number of imidazole rings is 1. The van der Waals surface area contributed by atoms with E-state index in [1.807, 2.05) is 11.3 Å². The minimum Gasteiger partial charge on any atom is -0.493 e. The second-order valence-electron chi connectivity index (χ2n) is 9.99. The van der Waals surface area contributed by atoms with Crippen molar-refractivity contribution in [2.45, 2.75) is 51.0 Å².